The Morgan fingerprint density at radius 2 is 2.22 bits per heavy atom. The molecule has 18 heavy (non-hydrogen) atoms. The maximum atomic E-state index is 12.8. The number of rotatable bonds is 5. The Balaban J connectivity index is 2.62. The van der Waals surface area contributed by atoms with Crippen molar-refractivity contribution < 1.29 is 13.4 Å². The topological polar surface area (TPSA) is 72.2 Å². The summed E-state index contributed by atoms with van der Waals surface area (Å²) in [5, 5.41) is 2.74. The molecule has 2 atom stereocenters. The minimum absolute atomic E-state index is 0.106. The summed E-state index contributed by atoms with van der Waals surface area (Å²) in [6, 6.07) is 3.55. The zero-order chi connectivity index (χ0) is 13.7. The fraction of sp³-hybridized carbons (Fsp3) is 0.417. The number of nitrogens with two attached hydrogens (primary N) is 1. The molecule has 0 bridgehead atoms. The summed E-state index contributed by atoms with van der Waals surface area (Å²) in [6.45, 7) is 1.82. The minimum Gasteiger partial charge on any atom is -0.398 e. The molecule has 4 nitrogen and oxygen atoms in total. The van der Waals surface area contributed by atoms with Gasteiger partial charge in [0.2, 0.25) is 0 Å². The van der Waals surface area contributed by atoms with E-state index in [4.69, 9.17) is 5.73 Å². The van der Waals surface area contributed by atoms with Crippen LogP contribution < -0.4 is 11.1 Å². The van der Waals surface area contributed by atoms with Crippen LogP contribution in [0.5, 0.6) is 0 Å². The number of amides is 1. The van der Waals surface area contributed by atoms with Gasteiger partial charge in [0.1, 0.15) is 5.82 Å². The number of hydrogen-bond donors (Lipinski definition) is 2. The van der Waals surface area contributed by atoms with Gasteiger partial charge in [0.25, 0.3) is 5.91 Å². The Morgan fingerprint density at radius 3 is 2.78 bits per heavy atom. The van der Waals surface area contributed by atoms with Crippen LogP contribution in [-0.4, -0.2) is 28.2 Å². The van der Waals surface area contributed by atoms with Crippen molar-refractivity contribution in [2.45, 2.75) is 19.4 Å². The van der Waals surface area contributed by atoms with E-state index in [-0.39, 0.29) is 23.2 Å². The average Bonchev–Trinajstić information content (AvgIpc) is 2.26. The van der Waals surface area contributed by atoms with E-state index in [2.05, 4.69) is 5.32 Å². The lowest BCUT2D eigenvalue weighted by Crippen LogP contribution is -2.34. The van der Waals surface area contributed by atoms with Crippen molar-refractivity contribution in [3.8, 4) is 0 Å². The van der Waals surface area contributed by atoms with E-state index >= 15 is 0 Å². The predicted octanol–water partition coefficient (Wildman–Crippen LogP) is 1.29. The molecule has 0 aromatic heterocycles. The Labute approximate surface area is 108 Å². The van der Waals surface area contributed by atoms with Gasteiger partial charge in [0.15, 0.2) is 0 Å². The molecule has 1 aromatic rings. The number of halogens is 1. The highest BCUT2D eigenvalue weighted by Gasteiger charge is 2.13. The maximum Gasteiger partial charge on any atom is 0.253 e. The maximum absolute atomic E-state index is 12.8. The highest BCUT2D eigenvalue weighted by Crippen LogP contribution is 2.13. The van der Waals surface area contributed by atoms with Crippen LogP contribution in [0.1, 0.15) is 23.7 Å². The first-order valence-electron chi connectivity index (χ1n) is 5.56. The van der Waals surface area contributed by atoms with Gasteiger partial charge in [-0.05, 0) is 31.5 Å². The van der Waals surface area contributed by atoms with Gasteiger partial charge in [-0.25, -0.2) is 4.39 Å². The smallest absolute Gasteiger partial charge is 0.253 e. The molecule has 0 saturated heterocycles. The molecule has 1 aromatic carbocycles. The zero-order valence-electron chi connectivity index (χ0n) is 10.4. The molecule has 0 spiro atoms. The van der Waals surface area contributed by atoms with Crippen LogP contribution >= 0.6 is 0 Å². The van der Waals surface area contributed by atoms with E-state index in [1.807, 2.05) is 6.92 Å². The van der Waals surface area contributed by atoms with Crippen LogP contribution in [0.4, 0.5) is 10.1 Å². The van der Waals surface area contributed by atoms with Crippen LogP contribution in [-0.2, 0) is 10.8 Å². The molecule has 0 radical (unpaired) electrons. The number of nitrogens with one attached hydrogen (secondary N) is 1. The summed E-state index contributed by atoms with van der Waals surface area (Å²) in [7, 11) is -0.879. The highest BCUT2D eigenvalue weighted by atomic mass is 32.2. The fourth-order valence-electron chi connectivity index (χ4n) is 1.46. The third-order valence-electron chi connectivity index (χ3n) is 2.47. The highest BCUT2D eigenvalue weighted by molar-refractivity contribution is 7.84. The predicted molar refractivity (Wildman–Crippen MR) is 71.3 cm³/mol. The average molecular weight is 272 g/mol. The molecule has 6 heteroatoms. The summed E-state index contributed by atoms with van der Waals surface area (Å²) >= 11 is 0. The standard InChI is InChI=1S/C12H17FN2O2S/c1-8(5-6-18(2)17)15-12(16)10-4-3-9(13)7-11(10)14/h3-4,7-8H,5-6,14H2,1-2H3,(H,15,16). The molecule has 3 N–H and O–H groups in total. The van der Waals surface area contributed by atoms with Crippen molar-refractivity contribution in [3.63, 3.8) is 0 Å². The molecular weight excluding hydrogens is 255 g/mol. The molecular formula is C12H17FN2O2S. The van der Waals surface area contributed by atoms with Gasteiger partial charge in [0.05, 0.1) is 5.56 Å². The van der Waals surface area contributed by atoms with Crippen LogP contribution in [0.15, 0.2) is 18.2 Å². The molecule has 0 aliphatic heterocycles. The van der Waals surface area contributed by atoms with Crippen molar-refractivity contribution in [1.82, 2.24) is 5.32 Å². The van der Waals surface area contributed by atoms with Crippen molar-refractivity contribution in [2.24, 2.45) is 0 Å². The van der Waals surface area contributed by atoms with Gasteiger partial charge in [-0.15, -0.1) is 0 Å². The van der Waals surface area contributed by atoms with E-state index in [1.165, 1.54) is 12.1 Å². The van der Waals surface area contributed by atoms with Crippen molar-refractivity contribution >= 4 is 22.4 Å². The summed E-state index contributed by atoms with van der Waals surface area (Å²) in [6.07, 6.45) is 2.24. The van der Waals surface area contributed by atoms with Crippen LogP contribution in [0.2, 0.25) is 0 Å². The van der Waals surface area contributed by atoms with E-state index in [0.29, 0.717) is 12.2 Å². The minimum atomic E-state index is -0.879. The summed E-state index contributed by atoms with van der Waals surface area (Å²) in [5.41, 5.74) is 5.93. The van der Waals surface area contributed by atoms with Gasteiger partial charge < -0.3 is 11.1 Å². The largest absolute Gasteiger partial charge is 0.398 e. The first-order valence-corrected chi connectivity index (χ1v) is 7.28. The van der Waals surface area contributed by atoms with Gasteiger partial charge in [-0.1, -0.05) is 0 Å². The lowest BCUT2D eigenvalue weighted by Gasteiger charge is -2.14. The van der Waals surface area contributed by atoms with Crippen LogP contribution in [0.25, 0.3) is 0 Å². The van der Waals surface area contributed by atoms with E-state index in [0.717, 1.165) is 6.07 Å². The number of carbonyl (C=O) groups excluding carboxylic acids is 1. The molecule has 2 unspecified atom stereocenters. The number of hydrogen-bond acceptors (Lipinski definition) is 3. The van der Waals surface area contributed by atoms with Crippen LogP contribution in [0, 0.1) is 5.82 Å². The van der Waals surface area contributed by atoms with Gasteiger partial charge >= 0.3 is 0 Å². The monoisotopic (exact) mass is 272 g/mol. The molecule has 1 rings (SSSR count). The molecule has 0 aliphatic rings. The fourth-order valence-corrected chi connectivity index (χ4v) is 2.14. The van der Waals surface area contributed by atoms with E-state index < -0.39 is 16.6 Å². The van der Waals surface area contributed by atoms with Gasteiger partial charge in [-0.3, -0.25) is 9.00 Å². The SMILES string of the molecule is CC(CCS(C)=O)NC(=O)c1ccc(F)cc1N. The van der Waals surface area contributed by atoms with E-state index in [1.54, 1.807) is 6.26 Å². The van der Waals surface area contributed by atoms with Gasteiger partial charge in [0, 0.05) is 34.5 Å². The van der Waals surface area contributed by atoms with Crippen molar-refractivity contribution in [3.05, 3.63) is 29.6 Å². The van der Waals surface area contributed by atoms with E-state index in [9.17, 15) is 13.4 Å². The summed E-state index contributed by atoms with van der Waals surface area (Å²) in [5.74, 6) is -0.291. The van der Waals surface area contributed by atoms with Crippen LogP contribution in [0.3, 0.4) is 0 Å². The molecule has 0 saturated carbocycles. The quantitative estimate of drug-likeness (QED) is 0.793. The van der Waals surface area contributed by atoms with Crippen molar-refractivity contribution in [1.29, 1.82) is 0 Å². The first kappa shape index (κ1) is 14.6. The Hall–Kier alpha value is -1.43. The number of nitrogen functional groups attached to an aromatic ring is 1. The molecule has 1 amide bonds. The molecule has 100 valence electrons. The third-order valence-corrected chi connectivity index (χ3v) is 3.28. The second-order valence-electron chi connectivity index (χ2n) is 4.17. The Bertz CT molecular complexity index is 465. The third kappa shape index (κ3) is 4.44. The first-order chi connectivity index (χ1) is 8.40. The van der Waals surface area contributed by atoms with Gasteiger partial charge in [-0.2, -0.15) is 0 Å². The zero-order valence-corrected chi connectivity index (χ0v) is 11.2. The second kappa shape index (κ2) is 6.49. The molecule has 0 heterocycles. The molecule has 0 aliphatic carbocycles. The molecule has 0 fully saturated rings. The number of benzene rings is 1. The Kier molecular flexibility index (Phi) is 5.27. The second-order valence-corrected chi connectivity index (χ2v) is 5.73. The van der Waals surface area contributed by atoms with Crippen molar-refractivity contribution in [2.75, 3.05) is 17.7 Å². The lowest BCUT2D eigenvalue weighted by molar-refractivity contribution is 0.0940. The Morgan fingerprint density at radius 1 is 1.56 bits per heavy atom. The number of carbonyl (C=O) groups is 1. The lowest BCUT2D eigenvalue weighted by atomic mass is 10.1. The normalized spacial score (nSPS) is 13.9. The number of anilines is 1. The summed E-state index contributed by atoms with van der Waals surface area (Å²) < 4.78 is 23.8. The summed E-state index contributed by atoms with van der Waals surface area (Å²) in [4.78, 5) is 11.8.